The number of nitrogens with zero attached hydrogens (tertiary/aromatic N) is 4. The van der Waals surface area contributed by atoms with Gasteiger partial charge in [0.1, 0.15) is 12.4 Å². The van der Waals surface area contributed by atoms with Gasteiger partial charge in [0.25, 0.3) is 0 Å². The molecule has 1 unspecified atom stereocenters. The summed E-state index contributed by atoms with van der Waals surface area (Å²) in [5.74, 6) is 0.345. The van der Waals surface area contributed by atoms with E-state index < -0.39 is 6.04 Å². The summed E-state index contributed by atoms with van der Waals surface area (Å²) < 4.78 is 0. The minimum absolute atomic E-state index is 0.0240. The Morgan fingerprint density at radius 1 is 1.14 bits per heavy atom. The van der Waals surface area contributed by atoms with Crippen LogP contribution < -0.4 is 0 Å². The van der Waals surface area contributed by atoms with Crippen LogP contribution in [0.4, 0.5) is 0 Å². The molecule has 146 valence electrons. The van der Waals surface area contributed by atoms with Gasteiger partial charge in [-0.2, -0.15) is 0 Å². The molecule has 2 amide bonds. The van der Waals surface area contributed by atoms with Crippen molar-refractivity contribution in [1.29, 1.82) is 0 Å². The molecule has 0 saturated carbocycles. The van der Waals surface area contributed by atoms with Crippen LogP contribution >= 0.6 is 0 Å². The molecular formula is C22H26N4O2. The highest BCUT2D eigenvalue weighted by atomic mass is 16.2. The Morgan fingerprint density at radius 2 is 1.93 bits per heavy atom. The first kappa shape index (κ1) is 18.6. The molecule has 2 aliphatic rings. The second kappa shape index (κ2) is 7.70. The molecule has 0 aliphatic carbocycles. The highest BCUT2D eigenvalue weighted by Gasteiger charge is 2.37. The standard InChI is InChI=1S/C22H26N4O2/c1-15(2)9-21(27)26-12-18-6-4-3-5-16(18)10-20(26)22(28)25-8-7-17-11-23-14-24-19(17)13-25/h3-6,11,14-15,20H,7-10,12-13H2,1-2H3. The summed E-state index contributed by atoms with van der Waals surface area (Å²) in [5, 5.41) is 0. The van der Waals surface area contributed by atoms with E-state index in [1.165, 1.54) is 6.33 Å². The maximum atomic E-state index is 13.5. The molecule has 0 fully saturated rings. The molecule has 4 rings (SSSR count). The van der Waals surface area contributed by atoms with Crippen LogP contribution in [0.3, 0.4) is 0 Å². The van der Waals surface area contributed by atoms with E-state index in [9.17, 15) is 9.59 Å². The molecule has 3 heterocycles. The molecule has 6 nitrogen and oxygen atoms in total. The molecule has 1 aromatic heterocycles. The lowest BCUT2D eigenvalue weighted by Crippen LogP contribution is -2.54. The van der Waals surface area contributed by atoms with Gasteiger partial charge in [0.2, 0.25) is 11.8 Å². The highest BCUT2D eigenvalue weighted by molar-refractivity contribution is 5.88. The maximum Gasteiger partial charge on any atom is 0.246 e. The molecule has 28 heavy (non-hydrogen) atoms. The van der Waals surface area contributed by atoms with Crippen LogP contribution in [0, 0.1) is 5.92 Å². The summed E-state index contributed by atoms with van der Waals surface area (Å²) in [6.07, 6.45) is 5.15. The van der Waals surface area contributed by atoms with Crippen molar-refractivity contribution in [2.75, 3.05) is 6.54 Å². The third-order valence-electron chi connectivity index (χ3n) is 5.62. The van der Waals surface area contributed by atoms with E-state index in [2.05, 4.69) is 22.1 Å². The predicted molar refractivity (Wildman–Crippen MR) is 105 cm³/mol. The highest BCUT2D eigenvalue weighted by Crippen LogP contribution is 2.27. The number of aromatic nitrogens is 2. The fraction of sp³-hybridized carbons (Fsp3) is 0.455. The number of fused-ring (bicyclic) bond motifs is 2. The minimum Gasteiger partial charge on any atom is -0.335 e. The fourth-order valence-electron chi connectivity index (χ4n) is 4.12. The quantitative estimate of drug-likeness (QED) is 0.822. The van der Waals surface area contributed by atoms with Crippen molar-refractivity contribution in [2.24, 2.45) is 5.92 Å². The van der Waals surface area contributed by atoms with Crippen molar-refractivity contribution in [2.45, 2.75) is 52.2 Å². The molecule has 0 radical (unpaired) electrons. The SMILES string of the molecule is CC(C)CC(=O)N1Cc2ccccc2CC1C(=O)N1CCc2cncnc2C1. The third-order valence-corrected chi connectivity index (χ3v) is 5.62. The predicted octanol–water partition coefficient (Wildman–Crippen LogP) is 2.36. The van der Waals surface area contributed by atoms with Gasteiger partial charge in [-0.15, -0.1) is 0 Å². The van der Waals surface area contributed by atoms with Gasteiger partial charge in [-0.3, -0.25) is 9.59 Å². The molecule has 0 bridgehead atoms. The van der Waals surface area contributed by atoms with E-state index in [4.69, 9.17) is 0 Å². The molecular weight excluding hydrogens is 352 g/mol. The normalized spacial score (nSPS) is 18.6. The lowest BCUT2D eigenvalue weighted by Gasteiger charge is -2.40. The van der Waals surface area contributed by atoms with Crippen LogP contribution in [0.2, 0.25) is 0 Å². The van der Waals surface area contributed by atoms with Crippen LogP contribution in [-0.2, 0) is 35.5 Å². The van der Waals surface area contributed by atoms with Gasteiger partial charge in [0.05, 0.1) is 12.2 Å². The lowest BCUT2D eigenvalue weighted by molar-refractivity contribution is -0.148. The van der Waals surface area contributed by atoms with Gasteiger partial charge in [0, 0.05) is 32.1 Å². The smallest absolute Gasteiger partial charge is 0.246 e. The van der Waals surface area contributed by atoms with Crippen LogP contribution in [0.25, 0.3) is 0 Å². The maximum absolute atomic E-state index is 13.5. The number of amides is 2. The Kier molecular flexibility index (Phi) is 5.11. The Bertz CT molecular complexity index is 896. The third kappa shape index (κ3) is 3.63. The molecule has 0 N–H and O–H groups in total. The van der Waals surface area contributed by atoms with Gasteiger partial charge in [-0.05, 0) is 29.0 Å². The van der Waals surface area contributed by atoms with E-state index in [-0.39, 0.29) is 17.7 Å². The summed E-state index contributed by atoms with van der Waals surface area (Å²) in [5.41, 5.74) is 4.31. The van der Waals surface area contributed by atoms with E-state index >= 15 is 0 Å². The van der Waals surface area contributed by atoms with Crippen LogP contribution in [0.1, 0.15) is 42.7 Å². The number of hydrogen-bond donors (Lipinski definition) is 0. The van der Waals surface area contributed by atoms with E-state index in [1.54, 1.807) is 4.90 Å². The minimum atomic E-state index is -0.440. The van der Waals surface area contributed by atoms with Crippen molar-refractivity contribution in [3.63, 3.8) is 0 Å². The molecule has 2 aliphatic heterocycles. The van der Waals surface area contributed by atoms with Gasteiger partial charge in [0.15, 0.2) is 0 Å². The zero-order valence-electron chi connectivity index (χ0n) is 16.5. The molecule has 2 aromatic rings. The van der Waals surface area contributed by atoms with Crippen LogP contribution in [0.5, 0.6) is 0 Å². The average Bonchev–Trinajstić information content (AvgIpc) is 2.71. The largest absolute Gasteiger partial charge is 0.335 e. The van der Waals surface area contributed by atoms with Gasteiger partial charge < -0.3 is 9.80 Å². The fourth-order valence-corrected chi connectivity index (χ4v) is 4.12. The Labute approximate surface area is 165 Å². The van der Waals surface area contributed by atoms with E-state index in [0.717, 1.165) is 28.8 Å². The first-order valence-corrected chi connectivity index (χ1v) is 9.95. The first-order chi connectivity index (χ1) is 13.5. The zero-order chi connectivity index (χ0) is 19.7. The molecule has 1 atom stereocenters. The van der Waals surface area contributed by atoms with Crippen LogP contribution in [0.15, 0.2) is 36.8 Å². The van der Waals surface area contributed by atoms with Gasteiger partial charge in [-0.25, -0.2) is 9.97 Å². The molecule has 0 spiro atoms. The Hall–Kier alpha value is -2.76. The number of hydrogen-bond acceptors (Lipinski definition) is 4. The summed E-state index contributed by atoms with van der Waals surface area (Å²) in [6, 6.07) is 7.68. The summed E-state index contributed by atoms with van der Waals surface area (Å²) in [7, 11) is 0. The Balaban J connectivity index is 1.59. The first-order valence-electron chi connectivity index (χ1n) is 9.95. The van der Waals surface area contributed by atoms with Crippen molar-refractivity contribution >= 4 is 11.8 Å². The number of benzene rings is 1. The average molecular weight is 378 g/mol. The number of rotatable bonds is 3. The Morgan fingerprint density at radius 3 is 2.71 bits per heavy atom. The number of carbonyl (C=O) groups is 2. The van der Waals surface area contributed by atoms with Gasteiger partial charge in [-0.1, -0.05) is 38.1 Å². The van der Waals surface area contributed by atoms with E-state index in [1.807, 2.05) is 37.1 Å². The summed E-state index contributed by atoms with van der Waals surface area (Å²) >= 11 is 0. The van der Waals surface area contributed by atoms with Crippen molar-refractivity contribution in [3.05, 3.63) is 59.2 Å². The number of carbonyl (C=O) groups excluding carboxylic acids is 2. The topological polar surface area (TPSA) is 66.4 Å². The van der Waals surface area contributed by atoms with E-state index in [0.29, 0.717) is 32.5 Å². The van der Waals surface area contributed by atoms with Crippen LogP contribution in [-0.4, -0.2) is 44.2 Å². The van der Waals surface area contributed by atoms with Crippen molar-refractivity contribution in [3.8, 4) is 0 Å². The summed E-state index contributed by atoms with van der Waals surface area (Å²) in [6.45, 7) is 5.71. The molecule has 6 heteroatoms. The van der Waals surface area contributed by atoms with Crippen molar-refractivity contribution < 1.29 is 9.59 Å². The monoisotopic (exact) mass is 378 g/mol. The lowest BCUT2D eigenvalue weighted by atomic mass is 9.92. The summed E-state index contributed by atoms with van der Waals surface area (Å²) in [4.78, 5) is 38.5. The molecule has 1 aromatic carbocycles. The second-order valence-corrected chi connectivity index (χ2v) is 8.11. The van der Waals surface area contributed by atoms with Gasteiger partial charge >= 0.3 is 0 Å². The second-order valence-electron chi connectivity index (χ2n) is 8.11. The molecule has 0 saturated heterocycles. The van der Waals surface area contributed by atoms with Crippen molar-refractivity contribution in [1.82, 2.24) is 19.8 Å². The zero-order valence-corrected chi connectivity index (χ0v) is 16.5.